The summed E-state index contributed by atoms with van der Waals surface area (Å²) in [6.07, 6.45) is 16.5. The maximum atomic E-state index is 5.59. The van der Waals surface area contributed by atoms with E-state index in [1.807, 2.05) is 24.3 Å². The van der Waals surface area contributed by atoms with Crippen molar-refractivity contribution in [3.05, 3.63) is 42.0 Å². The fourth-order valence-electron chi connectivity index (χ4n) is 3.52. The number of hydrogen-bond acceptors (Lipinski definition) is 1. The summed E-state index contributed by atoms with van der Waals surface area (Å²) in [5.74, 6) is 9.06. The highest BCUT2D eigenvalue weighted by molar-refractivity contribution is 5.40. The fourth-order valence-corrected chi connectivity index (χ4v) is 3.52. The lowest BCUT2D eigenvalue weighted by Gasteiger charge is -2.26. The van der Waals surface area contributed by atoms with Crippen molar-refractivity contribution in [2.75, 3.05) is 6.61 Å². The quantitative estimate of drug-likeness (QED) is 0.375. The van der Waals surface area contributed by atoms with Crippen LogP contribution in [0.15, 0.2) is 36.4 Å². The van der Waals surface area contributed by atoms with Crippen LogP contribution >= 0.6 is 0 Å². The Morgan fingerprint density at radius 1 is 1.00 bits per heavy atom. The SMILES string of the molecule is CCCCCC1CCC(/C=C/C#Cc2ccc(OCCC)cc2)CC1. The Hall–Kier alpha value is -1.68. The molecule has 0 spiro atoms. The van der Waals surface area contributed by atoms with Gasteiger partial charge in [-0.3, -0.25) is 0 Å². The van der Waals surface area contributed by atoms with Crippen molar-refractivity contribution in [1.82, 2.24) is 0 Å². The van der Waals surface area contributed by atoms with Crippen molar-refractivity contribution < 1.29 is 4.74 Å². The summed E-state index contributed by atoms with van der Waals surface area (Å²) in [4.78, 5) is 0. The van der Waals surface area contributed by atoms with Gasteiger partial charge in [0.25, 0.3) is 0 Å². The van der Waals surface area contributed by atoms with Gasteiger partial charge in [0.2, 0.25) is 0 Å². The van der Waals surface area contributed by atoms with E-state index in [9.17, 15) is 0 Å². The molecule has 0 radical (unpaired) electrons. The third kappa shape index (κ3) is 7.82. The van der Waals surface area contributed by atoms with Crippen molar-refractivity contribution in [3.8, 4) is 17.6 Å². The predicted molar refractivity (Wildman–Crippen MR) is 108 cm³/mol. The Kier molecular flexibility index (Phi) is 9.27. The van der Waals surface area contributed by atoms with Crippen molar-refractivity contribution in [1.29, 1.82) is 0 Å². The summed E-state index contributed by atoms with van der Waals surface area (Å²) >= 11 is 0. The molecule has 136 valence electrons. The van der Waals surface area contributed by atoms with Gasteiger partial charge in [0, 0.05) is 5.56 Å². The number of unbranched alkanes of at least 4 members (excludes halogenated alkanes) is 2. The van der Waals surface area contributed by atoms with Gasteiger partial charge in [0.15, 0.2) is 0 Å². The molecule has 1 heteroatoms. The highest BCUT2D eigenvalue weighted by Crippen LogP contribution is 2.32. The number of benzene rings is 1. The zero-order chi connectivity index (χ0) is 17.7. The maximum absolute atomic E-state index is 5.59. The molecule has 0 bridgehead atoms. The minimum absolute atomic E-state index is 0.738. The summed E-state index contributed by atoms with van der Waals surface area (Å²) in [5.41, 5.74) is 1.05. The van der Waals surface area contributed by atoms with E-state index in [0.29, 0.717) is 0 Å². The molecule has 2 rings (SSSR count). The van der Waals surface area contributed by atoms with Crippen LogP contribution in [-0.2, 0) is 0 Å². The van der Waals surface area contributed by atoms with Crippen LogP contribution in [0.5, 0.6) is 5.75 Å². The molecule has 25 heavy (non-hydrogen) atoms. The van der Waals surface area contributed by atoms with Crippen LogP contribution in [0, 0.1) is 23.7 Å². The third-order valence-electron chi connectivity index (χ3n) is 5.10. The molecule has 0 aliphatic heterocycles. The van der Waals surface area contributed by atoms with Crippen LogP contribution in [0.2, 0.25) is 0 Å². The lowest BCUT2D eigenvalue weighted by atomic mass is 9.79. The molecular weight excluding hydrogens is 304 g/mol. The largest absolute Gasteiger partial charge is 0.494 e. The number of hydrogen-bond donors (Lipinski definition) is 0. The second kappa shape index (κ2) is 11.8. The Morgan fingerprint density at radius 3 is 2.44 bits per heavy atom. The second-order valence-corrected chi connectivity index (χ2v) is 7.28. The Morgan fingerprint density at radius 2 is 1.76 bits per heavy atom. The average Bonchev–Trinajstić information content (AvgIpc) is 2.66. The lowest BCUT2D eigenvalue weighted by Crippen LogP contribution is -2.12. The molecule has 0 unspecified atom stereocenters. The van der Waals surface area contributed by atoms with Gasteiger partial charge in [-0.05, 0) is 74.3 Å². The van der Waals surface area contributed by atoms with E-state index in [0.717, 1.165) is 36.2 Å². The second-order valence-electron chi connectivity index (χ2n) is 7.28. The molecule has 0 heterocycles. The Bertz CT molecular complexity index is 550. The predicted octanol–water partition coefficient (Wildman–Crippen LogP) is 6.77. The van der Waals surface area contributed by atoms with Crippen molar-refractivity contribution in [2.45, 2.75) is 71.6 Å². The molecule has 1 aliphatic rings. The highest BCUT2D eigenvalue weighted by atomic mass is 16.5. The molecule has 1 nitrogen and oxygen atoms in total. The molecule has 0 aromatic heterocycles. The van der Waals surface area contributed by atoms with Crippen LogP contribution in [-0.4, -0.2) is 6.61 Å². The van der Waals surface area contributed by atoms with Crippen molar-refractivity contribution >= 4 is 0 Å². The van der Waals surface area contributed by atoms with Gasteiger partial charge >= 0.3 is 0 Å². The van der Waals surface area contributed by atoms with E-state index in [1.54, 1.807) is 0 Å². The van der Waals surface area contributed by atoms with Gasteiger partial charge in [-0.1, -0.05) is 57.4 Å². The fraction of sp³-hybridized carbons (Fsp3) is 0.583. The van der Waals surface area contributed by atoms with E-state index in [4.69, 9.17) is 4.74 Å². The molecule has 1 aromatic carbocycles. The molecule has 1 saturated carbocycles. The molecule has 1 aromatic rings. The van der Waals surface area contributed by atoms with Crippen LogP contribution < -0.4 is 4.74 Å². The first-order valence-corrected chi connectivity index (χ1v) is 10.2. The highest BCUT2D eigenvalue weighted by Gasteiger charge is 2.18. The van der Waals surface area contributed by atoms with Crippen LogP contribution in [0.25, 0.3) is 0 Å². The van der Waals surface area contributed by atoms with Crippen LogP contribution in [0.3, 0.4) is 0 Å². The van der Waals surface area contributed by atoms with E-state index >= 15 is 0 Å². The first-order valence-electron chi connectivity index (χ1n) is 10.2. The normalized spacial score (nSPS) is 20.2. The van der Waals surface area contributed by atoms with Gasteiger partial charge in [-0.15, -0.1) is 0 Å². The average molecular weight is 339 g/mol. The summed E-state index contributed by atoms with van der Waals surface area (Å²) in [6.45, 7) is 5.18. The van der Waals surface area contributed by atoms with Crippen molar-refractivity contribution in [2.24, 2.45) is 11.8 Å². The first kappa shape index (κ1) is 19.6. The zero-order valence-electron chi connectivity index (χ0n) is 16.1. The minimum atomic E-state index is 0.738. The summed E-state index contributed by atoms with van der Waals surface area (Å²) < 4.78 is 5.59. The standard InChI is InChI=1S/C24H34O/c1-3-5-6-9-21-12-14-22(15-13-21)10-7-8-11-23-16-18-24(19-17-23)25-20-4-2/h7,10,16-19,21-22H,3-6,9,12-15,20H2,1-2H3/b10-7+. The maximum Gasteiger partial charge on any atom is 0.119 e. The molecule has 0 saturated heterocycles. The topological polar surface area (TPSA) is 9.23 Å². The third-order valence-corrected chi connectivity index (χ3v) is 5.10. The number of allylic oxidation sites excluding steroid dienone is 2. The molecule has 0 amide bonds. The van der Waals surface area contributed by atoms with Gasteiger partial charge in [-0.2, -0.15) is 0 Å². The van der Waals surface area contributed by atoms with E-state index in [2.05, 4.69) is 37.8 Å². The van der Waals surface area contributed by atoms with Gasteiger partial charge < -0.3 is 4.74 Å². The smallest absolute Gasteiger partial charge is 0.119 e. The molecule has 0 N–H and O–H groups in total. The zero-order valence-corrected chi connectivity index (χ0v) is 16.1. The van der Waals surface area contributed by atoms with Crippen LogP contribution in [0.4, 0.5) is 0 Å². The van der Waals surface area contributed by atoms with Crippen LogP contribution in [0.1, 0.15) is 77.2 Å². The van der Waals surface area contributed by atoms with Gasteiger partial charge in [0.1, 0.15) is 5.75 Å². The monoisotopic (exact) mass is 338 g/mol. The molecule has 1 fully saturated rings. The summed E-state index contributed by atoms with van der Waals surface area (Å²) in [7, 11) is 0. The summed E-state index contributed by atoms with van der Waals surface area (Å²) in [6, 6.07) is 8.08. The van der Waals surface area contributed by atoms with Crippen molar-refractivity contribution in [3.63, 3.8) is 0 Å². The minimum Gasteiger partial charge on any atom is -0.494 e. The van der Waals surface area contributed by atoms with E-state index in [-0.39, 0.29) is 0 Å². The Balaban J connectivity index is 1.70. The lowest BCUT2D eigenvalue weighted by molar-refractivity contribution is 0.289. The number of rotatable bonds is 8. The van der Waals surface area contributed by atoms with E-state index < -0.39 is 0 Å². The first-order chi connectivity index (χ1) is 12.3. The summed E-state index contributed by atoms with van der Waals surface area (Å²) in [5, 5.41) is 0. The molecule has 1 aliphatic carbocycles. The van der Waals surface area contributed by atoms with Gasteiger partial charge in [-0.25, -0.2) is 0 Å². The Labute approximate surface area is 154 Å². The molecular formula is C24H34O. The van der Waals surface area contributed by atoms with E-state index in [1.165, 1.54) is 51.4 Å². The van der Waals surface area contributed by atoms with Gasteiger partial charge in [0.05, 0.1) is 6.61 Å². The molecule has 0 atom stereocenters. The number of ether oxygens (including phenoxy) is 1.